The van der Waals surface area contributed by atoms with Crippen molar-refractivity contribution in [3.05, 3.63) is 0 Å². The van der Waals surface area contributed by atoms with Crippen LogP contribution in [-0.2, 0) is 9.68 Å². The second-order valence-corrected chi connectivity index (χ2v) is 10.7. The van der Waals surface area contributed by atoms with Gasteiger partial charge in [0.25, 0.3) is 0 Å². The van der Waals surface area contributed by atoms with Crippen LogP contribution in [0.25, 0.3) is 0 Å². The summed E-state index contributed by atoms with van der Waals surface area (Å²) in [6, 6.07) is 0. The van der Waals surface area contributed by atoms with E-state index in [4.69, 9.17) is 20.0 Å². The van der Waals surface area contributed by atoms with Crippen LogP contribution in [0.1, 0.15) is 81.1 Å². The Morgan fingerprint density at radius 2 is 1.00 bits per heavy atom. The first kappa shape index (κ1) is 19.3. The Morgan fingerprint density at radius 3 is 1.30 bits per heavy atom. The van der Waals surface area contributed by atoms with Gasteiger partial charge in [0.1, 0.15) is 0 Å². The first-order chi connectivity index (χ1) is 12.6. The normalized spacial score (nSPS) is 32.1. The molecule has 1 spiro atoms. The number of hydrogen-bond acceptors (Lipinski definition) is 4. The van der Waals surface area contributed by atoms with Crippen LogP contribution in [0.15, 0.2) is 10.3 Å². The van der Waals surface area contributed by atoms with Gasteiger partial charge in [-0.25, -0.2) is 0 Å². The van der Waals surface area contributed by atoms with Crippen molar-refractivity contribution < 1.29 is 9.68 Å². The molecule has 2 aliphatic carbocycles. The van der Waals surface area contributed by atoms with Crippen molar-refractivity contribution in [2.75, 3.05) is 0 Å². The van der Waals surface area contributed by atoms with Gasteiger partial charge in [0.15, 0.2) is 0 Å². The van der Waals surface area contributed by atoms with Crippen molar-refractivity contribution in [1.29, 1.82) is 0 Å². The van der Waals surface area contributed by atoms with Crippen LogP contribution in [0, 0.1) is 46.3 Å². The predicted molar refractivity (Wildman–Crippen MR) is 109 cm³/mol. The van der Waals surface area contributed by atoms with Crippen molar-refractivity contribution in [3.63, 3.8) is 0 Å². The van der Waals surface area contributed by atoms with Gasteiger partial charge in [-0.1, -0.05) is 65.7 Å². The van der Waals surface area contributed by atoms with Gasteiger partial charge in [0.2, 0.25) is 0 Å². The van der Waals surface area contributed by atoms with Crippen molar-refractivity contribution in [3.8, 4) is 0 Å². The molecule has 2 saturated carbocycles. The maximum Gasteiger partial charge on any atom is 0.315 e. The van der Waals surface area contributed by atoms with Gasteiger partial charge in [0.05, 0.1) is 23.3 Å². The maximum atomic E-state index is 6.24. The lowest BCUT2D eigenvalue weighted by Crippen LogP contribution is -2.48. The third kappa shape index (κ3) is 2.11. The molecule has 4 nitrogen and oxygen atoms in total. The SMILES string of the molecule is CC(C)C1(C(C)C)CC[C@H]2C1=NOC21ON=C2[C@@H]1CCC2(C(C)C)C(C)C. The Balaban J connectivity index is 1.69. The molecule has 0 N–H and O–H groups in total. The predicted octanol–water partition coefficient (Wildman–Crippen LogP) is 5.87. The van der Waals surface area contributed by atoms with E-state index >= 15 is 0 Å². The summed E-state index contributed by atoms with van der Waals surface area (Å²) in [6.07, 6.45) is 4.57. The van der Waals surface area contributed by atoms with E-state index in [1.165, 1.54) is 24.3 Å². The van der Waals surface area contributed by atoms with Gasteiger partial charge in [-0.05, 0) is 49.4 Å². The third-order valence-corrected chi connectivity index (χ3v) is 8.97. The number of hydrogen-bond donors (Lipinski definition) is 0. The van der Waals surface area contributed by atoms with Crippen molar-refractivity contribution in [2.24, 2.45) is 56.6 Å². The second-order valence-electron chi connectivity index (χ2n) is 10.7. The van der Waals surface area contributed by atoms with Gasteiger partial charge < -0.3 is 9.68 Å². The fraction of sp³-hybridized carbons (Fsp3) is 0.913. The fourth-order valence-corrected chi connectivity index (χ4v) is 7.45. The van der Waals surface area contributed by atoms with Crippen molar-refractivity contribution in [1.82, 2.24) is 0 Å². The third-order valence-electron chi connectivity index (χ3n) is 8.97. The largest absolute Gasteiger partial charge is 0.344 e. The van der Waals surface area contributed by atoms with Crippen LogP contribution < -0.4 is 0 Å². The lowest BCUT2D eigenvalue weighted by atomic mass is 9.64. The molecule has 0 unspecified atom stereocenters. The smallest absolute Gasteiger partial charge is 0.315 e. The van der Waals surface area contributed by atoms with Gasteiger partial charge in [-0.15, -0.1) is 0 Å². The average Bonchev–Trinajstić information content (AvgIpc) is 3.30. The zero-order chi connectivity index (χ0) is 19.8. The highest BCUT2D eigenvalue weighted by Crippen LogP contribution is 2.63. The van der Waals surface area contributed by atoms with Crippen LogP contribution >= 0.6 is 0 Å². The molecule has 2 fully saturated rings. The zero-order valence-corrected chi connectivity index (χ0v) is 18.5. The molecular formula is C23H38N2O2. The number of rotatable bonds is 4. The molecule has 0 aromatic rings. The van der Waals surface area contributed by atoms with E-state index in [1.54, 1.807) is 0 Å². The van der Waals surface area contributed by atoms with Crippen LogP contribution in [-0.4, -0.2) is 17.2 Å². The minimum absolute atomic E-state index is 0.131. The van der Waals surface area contributed by atoms with E-state index in [0.717, 1.165) is 12.8 Å². The van der Waals surface area contributed by atoms with E-state index in [1.807, 2.05) is 0 Å². The molecule has 4 heteroatoms. The molecule has 0 saturated heterocycles. The van der Waals surface area contributed by atoms with E-state index in [9.17, 15) is 0 Å². The molecule has 0 radical (unpaired) electrons. The van der Waals surface area contributed by atoms with Crippen molar-refractivity contribution >= 4 is 11.4 Å². The molecule has 0 aromatic carbocycles. The van der Waals surface area contributed by atoms with Gasteiger partial charge in [-0.3, -0.25) is 0 Å². The number of nitrogens with zero attached hydrogens (tertiary/aromatic N) is 2. The molecule has 0 amide bonds. The molecule has 27 heavy (non-hydrogen) atoms. The fourth-order valence-electron chi connectivity index (χ4n) is 7.45. The van der Waals surface area contributed by atoms with Crippen molar-refractivity contribution in [2.45, 2.75) is 86.9 Å². The Labute approximate surface area is 165 Å². The summed E-state index contributed by atoms with van der Waals surface area (Å²) in [5.74, 6) is 2.05. The van der Waals surface area contributed by atoms with Crippen LogP contribution in [0.4, 0.5) is 0 Å². The molecule has 2 aliphatic heterocycles. The van der Waals surface area contributed by atoms with E-state index in [-0.39, 0.29) is 22.7 Å². The minimum Gasteiger partial charge on any atom is -0.344 e. The Bertz CT molecular complexity index is 600. The lowest BCUT2D eigenvalue weighted by Gasteiger charge is -2.38. The molecule has 2 heterocycles. The lowest BCUT2D eigenvalue weighted by molar-refractivity contribution is -0.248. The quantitative estimate of drug-likeness (QED) is 0.617. The molecule has 0 bridgehead atoms. The average molecular weight is 375 g/mol. The molecule has 4 rings (SSSR count). The van der Waals surface area contributed by atoms with E-state index in [0.29, 0.717) is 23.7 Å². The van der Waals surface area contributed by atoms with Crippen LogP contribution in [0.2, 0.25) is 0 Å². The van der Waals surface area contributed by atoms with Gasteiger partial charge in [-0.2, -0.15) is 0 Å². The summed E-state index contributed by atoms with van der Waals surface area (Å²) in [4.78, 5) is 12.5. The summed E-state index contributed by atoms with van der Waals surface area (Å²) in [5, 5.41) is 9.49. The Morgan fingerprint density at radius 1 is 0.667 bits per heavy atom. The van der Waals surface area contributed by atoms with E-state index in [2.05, 4.69) is 55.4 Å². The summed E-state index contributed by atoms with van der Waals surface area (Å²) in [5.41, 5.74) is 2.78. The molecule has 152 valence electrons. The molecule has 0 aromatic heterocycles. The summed E-state index contributed by atoms with van der Waals surface area (Å²) >= 11 is 0. The highest BCUT2D eigenvalue weighted by molar-refractivity contribution is 6.00. The van der Waals surface area contributed by atoms with Gasteiger partial charge in [0, 0.05) is 10.8 Å². The first-order valence-corrected chi connectivity index (χ1v) is 11.2. The summed E-state index contributed by atoms with van der Waals surface area (Å²) in [7, 11) is 0. The standard InChI is InChI=1S/C23H38N2O2/c1-13(2)21(14(3)4)11-9-17-19(21)24-26-23(17)18-10-12-22(15(5)6,16(7)8)20(18)25-27-23/h13-18H,9-12H2,1-8H3/t17-,18-,23?/m0/s1. The highest BCUT2D eigenvalue weighted by Gasteiger charge is 2.71. The second kappa shape index (κ2) is 5.97. The zero-order valence-electron chi connectivity index (χ0n) is 18.5. The highest BCUT2D eigenvalue weighted by atomic mass is 16.8. The molecule has 4 aliphatic rings. The van der Waals surface area contributed by atoms with Crippen LogP contribution in [0.5, 0.6) is 0 Å². The number of oxime groups is 2. The monoisotopic (exact) mass is 374 g/mol. The summed E-state index contributed by atoms with van der Waals surface area (Å²) < 4.78 is 0. The van der Waals surface area contributed by atoms with Crippen LogP contribution in [0.3, 0.4) is 0 Å². The molecular weight excluding hydrogens is 336 g/mol. The van der Waals surface area contributed by atoms with E-state index < -0.39 is 5.79 Å². The molecule has 2 atom stereocenters. The number of fused-ring (bicyclic) bond motifs is 4. The maximum absolute atomic E-state index is 6.24. The Kier molecular flexibility index (Phi) is 4.26. The summed E-state index contributed by atoms with van der Waals surface area (Å²) in [6.45, 7) is 18.7. The minimum atomic E-state index is -0.665. The van der Waals surface area contributed by atoms with Gasteiger partial charge >= 0.3 is 5.79 Å². The first-order valence-electron chi connectivity index (χ1n) is 11.2. The topological polar surface area (TPSA) is 43.2 Å². The Hall–Kier alpha value is -1.06.